The molecule has 0 saturated carbocycles. The van der Waals surface area contributed by atoms with Gasteiger partial charge in [-0.1, -0.05) is 78.3 Å². The molecular formula is C33H25ClN2O4. The van der Waals surface area contributed by atoms with Crippen LogP contribution in [0.5, 0.6) is 11.5 Å². The van der Waals surface area contributed by atoms with Crippen LogP contribution in [0.3, 0.4) is 0 Å². The smallest absolute Gasteiger partial charge is 0.254 e. The van der Waals surface area contributed by atoms with E-state index in [9.17, 15) is 9.59 Å². The number of methoxy groups -OCH3 is 1. The molecule has 6 nitrogen and oxygen atoms in total. The van der Waals surface area contributed by atoms with Gasteiger partial charge in [-0.2, -0.15) is 10.1 Å². The van der Waals surface area contributed by atoms with E-state index in [0.29, 0.717) is 22.1 Å². The molecule has 1 saturated heterocycles. The first-order chi connectivity index (χ1) is 19.6. The zero-order chi connectivity index (χ0) is 27.4. The van der Waals surface area contributed by atoms with E-state index in [1.165, 1.54) is 6.21 Å². The van der Waals surface area contributed by atoms with Crippen LogP contribution in [0.25, 0.3) is 0 Å². The van der Waals surface area contributed by atoms with E-state index in [-0.39, 0.29) is 30.3 Å². The molecule has 2 atom stereocenters. The van der Waals surface area contributed by atoms with Crippen molar-refractivity contribution in [2.24, 2.45) is 16.9 Å². The predicted octanol–water partition coefficient (Wildman–Crippen LogP) is 6.15. The first kappa shape index (κ1) is 24.6. The lowest BCUT2D eigenvalue weighted by atomic mass is 9.55. The highest BCUT2D eigenvalue weighted by atomic mass is 35.5. The molecule has 0 N–H and O–H groups in total. The Labute approximate surface area is 236 Å². The summed E-state index contributed by atoms with van der Waals surface area (Å²) in [6.45, 7) is 0.288. The number of hydrogen-bond acceptors (Lipinski definition) is 5. The van der Waals surface area contributed by atoms with Crippen LogP contribution < -0.4 is 9.47 Å². The van der Waals surface area contributed by atoms with E-state index < -0.39 is 11.8 Å². The van der Waals surface area contributed by atoms with E-state index in [1.807, 2.05) is 48.5 Å². The number of amides is 2. The Bertz CT molecular complexity index is 1580. The van der Waals surface area contributed by atoms with Gasteiger partial charge >= 0.3 is 0 Å². The summed E-state index contributed by atoms with van der Waals surface area (Å²) >= 11 is 6.25. The van der Waals surface area contributed by atoms with Crippen molar-refractivity contribution in [2.75, 3.05) is 7.11 Å². The molecule has 4 aliphatic rings. The van der Waals surface area contributed by atoms with E-state index in [0.717, 1.165) is 32.8 Å². The number of benzene rings is 4. The topological polar surface area (TPSA) is 68.2 Å². The Morgan fingerprint density at radius 2 is 1.32 bits per heavy atom. The maximum atomic E-state index is 13.7. The average molecular weight is 549 g/mol. The Morgan fingerprint density at radius 3 is 1.88 bits per heavy atom. The van der Waals surface area contributed by atoms with Gasteiger partial charge in [0.05, 0.1) is 25.2 Å². The molecule has 198 valence electrons. The van der Waals surface area contributed by atoms with Gasteiger partial charge in [-0.15, -0.1) is 0 Å². The summed E-state index contributed by atoms with van der Waals surface area (Å²) < 4.78 is 11.5. The van der Waals surface area contributed by atoms with Crippen LogP contribution >= 0.6 is 11.6 Å². The third-order valence-corrected chi connectivity index (χ3v) is 8.64. The summed E-state index contributed by atoms with van der Waals surface area (Å²) in [5.41, 5.74) is 6.08. The third kappa shape index (κ3) is 3.74. The molecule has 8 rings (SSSR count). The lowest BCUT2D eigenvalue weighted by molar-refractivity contribution is -0.139. The second kappa shape index (κ2) is 9.65. The molecule has 40 heavy (non-hydrogen) atoms. The van der Waals surface area contributed by atoms with Gasteiger partial charge in [-0.05, 0) is 52.1 Å². The minimum atomic E-state index is -0.463. The maximum Gasteiger partial charge on any atom is 0.254 e. The Balaban J connectivity index is 1.16. The molecule has 0 spiro atoms. The van der Waals surface area contributed by atoms with Crippen molar-refractivity contribution in [1.29, 1.82) is 0 Å². The minimum Gasteiger partial charge on any atom is -0.493 e. The van der Waals surface area contributed by atoms with Gasteiger partial charge in [-0.3, -0.25) is 9.59 Å². The van der Waals surface area contributed by atoms with Gasteiger partial charge < -0.3 is 9.47 Å². The molecule has 0 unspecified atom stereocenters. The molecule has 2 bridgehead atoms. The molecule has 7 heteroatoms. The van der Waals surface area contributed by atoms with Gasteiger partial charge in [-0.25, -0.2) is 0 Å². The number of hydrazone groups is 1. The van der Waals surface area contributed by atoms with Gasteiger partial charge in [0.15, 0.2) is 11.5 Å². The quantitative estimate of drug-likeness (QED) is 0.214. The van der Waals surface area contributed by atoms with Crippen molar-refractivity contribution in [3.05, 3.63) is 129 Å². The zero-order valence-corrected chi connectivity index (χ0v) is 22.4. The first-order valence-electron chi connectivity index (χ1n) is 13.2. The van der Waals surface area contributed by atoms with Crippen LogP contribution in [0.2, 0.25) is 5.02 Å². The first-order valence-corrected chi connectivity index (χ1v) is 13.6. The van der Waals surface area contributed by atoms with Crippen LogP contribution in [0.15, 0.2) is 96.1 Å². The molecule has 4 aromatic carbocycles. The summed E-state index contributed by atoms with van der Waals surface area (Å²) in [5, 5.41) is 6.11. The second-order valence-corrected chi connectivity index (χ2v) is 10.7. The number of rotatable bonds is 6. The standard InChI is InChI=1S/C33H25ClN2O4/c1-39-27-16-19(14-15-26(27)40-18-20-8-2-7-13-25(20)34)17-35-36-32(37)30-28-21-9-3-4-10-22(21)29(31(30)33(36)38)24-12-6-5-11-23(24)28/h2-17,28-31H,18H2,1H3/b35-17-/t28?,29?,30-,31-/m1/s1. The fraction of sp³-hybridized carbons (Fsp3) is 0.182. The highest BCUT2D eigenvalue weighted by molar-refractivity contribution is 6.31. The van der Waals surface area contributed by atoms with Crippen LogP contribution in [-0.2, 0) is 16.2 Å². The largest absolute Gasteiger partial charge is 0.493 e. The Morgan fingerprint density at radius 1 is 0.775 bits per heavy atom. The normalized spacial score (nSPS) is 22.3. The van der Waals surface area contributed by atoms with Gasteiger partial charge in [0.25, 0.3) is 11.8 Å². The van der Waals surface area contributed by atoms with Gasteiger partial charge in [0, 0.05) is 22.4 Å². The third-order valence-electron chi connectivity index (χ3n) is 8.28. The van der Waals surface area contributed by atoms with Crippen molar-refractivity contribution < 1.29 is 19.1 Å². The highest BCUT2D eigenvalue weighted by Crippen LogP contribution is 2.60. The number of carbonyl (C=O) groups excluding carboxylic acids is 2. The number of hydrogen-bond donors (Lipinski definition) is 0. The second-order valence-electron chi connectivity index (χ2n) is 10.3. The SMILES string of the molecule is COc1cc(/C=N\N2C(=O)[C@@H]3C4c5ccccc5C(c5ccccc54)[C@H]3C2=O)ccc1OCc1ccccc1Cl. The average Bonchev–Trinajstić information content (AvgIpc) is 3.25. The van der Waals surface area contributed by atoms with Crippen LogP contribution in [0, 0.1) is 11.8 Å². The van der Waals surface area contributed by atoms with Crippen molar-refractivity contribution in [1.82, 2.24) is 5.01 Å². The summed E-state index contributed by atoms with van der Waals surface area (Å²) in [5.74, 6) is -0.695. The predicted molar refractivity (Wildman–Crippen MR) is 152 cm³/mol. The van der Waals surface area contributed by atoms with Crippen molar-refractivity contribution in [3.8, 4) is 11.5 Å². The molecule has 0 radical (unpaired) electrons. The van der Waals surface area contributed by atoms with E-state index in [2.05, 4.69) is 29.4 Å². The van der Waals surface area contributed by atoms with Crippen molar-refractivity contribution >= 4 is 29.6 Å². The minimum absolute atomic E-state index is 0.159. The molecule has 4 aromatic rings. The number of ether oxygens (including phenoxy) is 2. The molecule has 1 aliphatic heterocycles. The number of imide groups is 1. The molecular weight excluding hydrogens is 524 g/mol. The number of halogens is 1. The molecule has 2 amide bonds. The number of carbonyl (C=O) groups is 2. The highest BCUT2D eigenvalue weighted by Gasteiger charge is 2.61. The molecule has 0 aromatic heterocycles. The fourth-order valence-electron chi connectivity index (χ4n) is 6.55. The lowest BCUT2D eigenvalue weighted by Gasteiger charge is -2.45. The Kier molecular flexibility index (Phi) is 5.93. The summed E-state index contributed by atoms with van der Waals surface area (Å²) in [7, 11) is 1.56. The monoisotopic (exact) mass is 548 g/mol. The van der Waals surface area contributed by atoms with Gasteiger partial charge in [0.1, 0.15) is 6.61 Å². The van der Waals surface area contributed by atoms with Crippen LogP contribution in [0.4, 0.5) is 0 Å². The Hall–Kier alpha value is -4.42. The zero-order valence-electron chi connectivity index (χ0n) is 21.7. The maximum absolute atomic E-state index is 13.7. The summed E-state index contributed by atoms with van der Waals surface area (Å²) in [4.78, 5) is 27.5. The lowest BCUT2D eigenvalue weighted by Crippen LogP contribution is -2.41. The summed E-state index contributed by atoms with van der Waals surface area (Å²) in [6, 6.07) is 29.2. The summed E-state index contributed by atoms with van der Waals surface area (Å²) in [6.07, 6.45) is 1.52. The molecule has 3 aliphatic carbocycles. The van der Waals surface area contributed by atoms with E-state index in [4.69, 9.17) is 21.1 Å². The van der Waals surface area contributed by atoms with E-state index in [1.54, 1.807) is 25.3 Å². The number of nitrogens with zero attached hydrogens (tertiary/aromatic N) is 2. The molecule has 1 fully saturated rings. The van der Waals surface area contributed by atoms with Crippen molar-refractivity contribution in [2.45, 2.75) is 18.4 Å². The van der Waals surface area contributed by atoms with Crippen LogP contribution in [-0.4, -0.2) is 30.1 Å². The van der Waals surface area contributed by atoms with Gasteiger partial charge in [0.2, 0.25) is 0 Å². The molecule has 1 heterocycles. The fourth-order valence-corrected chi connectivity index (χ4v) is 6.74. The van der Waals surface area contributed by atoms with E-state index >= 15 is 0 Å². The van der Waals surface area contributed by atoms with Crippen molar-refractivity contribution in [3.63, 3.8) is 0 Å². The van der Waals surface area contributed by atoms with Crippen LogP contribution in [0.1, 0.15) is 45.2 Å².